The number of fused-ring (bicyclic) bond motifs is 2. The van der Waals surface area contributed by atoms with Gasteiger partial charge in [-0.15, -0.1) is 0 Å². The number of rotatable bonds is 6. The highest BCUT2D eigenvalue weighted by atomic mass is 16.7. The molecular weight excluding hydrogens is 404 g/mol. The maximum absolute atomic E-state index is 12.8. The van der Waals surface area contributed by atoms with Gasteiger partial charge in [-0.3, -0.25) is 4.79 Å². The lowest BCUT2D eigenvalue weighted by molar-refractivity contribution is -0.143. The van der Waals surface area contributed by atoms with Crippen molar-refractivity contribution in [2.45, 2.75) is 26.7 Å². The predicted octanol–water partition coefficient (Wildman–Crippen LogP) is 3.55. The molecule has 3 aromatic rings. The monoisotopic (exact) mass is 424 g/mol. The minimum absolute atomic E-state index is 0.0922. The Morgan fingerprint density at radius 2 is 1.87 bits per heavy atom. The molecule has 0 N–H and O–H groups in total. The predicted molar refractivity (Wildman–Crippen MR) is 110 cm³/mol. The fourth-order valence-electron chi connectivity index (χ4n) is 3.33. The number of benzene rings is 2. The molecule has 1 aliphatic heterocycles. The molecule has 0 spiro atoms. The second kappa shape index (κ2) is 8.51. The van der Waals surface area contributed by atoms with Gasteiger partial charge in [-0.05, 0) is 55.7 Å². The van der Waals surface area contributed by atoms with Crippen molar-refractivity contribution in [2.24, 2.45) is 0 Å². The zero-order valence-corrected chi connectivity index (χ0v) is 17.1. The van der Waals surface area contributed by atoms with E-state index >= 15 is 0 Å². The molecule has 0 saturated heterocycles. The van der Waals surface area contributed by atoms with Crippen LogP contribution in [0.15, 0.2) is 45.6 Å². The number of aryl methyl sites for hydroxylation is 2. The van der Waals surface area contributed by atoms with Crippen LogP contribution in [0.5, 0.6) is 17.2 Å². The van der Waals surface area contributed by atoms with Crippen LogP contribution >= 0.6 is 0 Å². The van der Waals surface area contributed by atoms with Crippen LogP contribution in [0.1, 0.15) is 34.8 Å². The Labute approximate surface area is 177 Å². The van der Waals surface area contributed by atoms with Crippen molar-refractivity contribution in [3.05, 3.63) is 63.5 Å². The molecule has 8 heteroatoms. The van der Waals surface area contributed by atoms with Crippen LogP contribution in [0.25, 0.3) is 11.0 Å². The van der Waals surface area contributed by atoms with Crippen LogP contribution in [0, 0.1) is 6.92 Å². The van der Waals surface area contributed by atoms with Gasteiger partial charge in [0.1, 0.15) is 11.3 Å². The van der Waals surface area contributed by atoms with Crippen molar-refractivity contribution in [3.8, 4) is 17.2 Å². The van der Waals surface area contributed by atoms with Crippen LogP contribution in [-0.2, 0) is 16.0 Å². The van der Waals surface area contributed by atoms with E-state index in [0.717, 1.165) is 5.56 Å². The van der Waals surface area contributed by atoms with Crippen molar-refractivity contribution in [1.82, 2.24) is 0 Å². The Kier molecular flexibility index (Phi) is 5.62. The summed E-state index contributed by atoms with van der Waals surface area (Å²) in [5, 5.41) is 0.696. The molecule has 1 aromatic heterocycles. The van der Waals surface area contributed by atoms with E-state index in [4.69, 9.17) is 23.4 Å². The summed E-state index contributed by atoms with van der Waals surface area (Å²) in [5.74, 6) is 0.233. The summed E-state index contributed by atoms with van der Waals surface area (Å²) in [7, 11) is 0. The minimum atomic E-state index is -0.620. The second-order valence-electron chi connectivity index (χ2n) is 6.97. The molecule has 0 bridgehead atoms. The van der Waals surface area contributed by atoms with Crippen molar-refractivity contribution in [2.75, 3.05) is 13.4 Å². The summed E-state index contributed by atoms with van der Waals surface area (Å²) >= 11 is 0. The highest BCUT2D eigenvalue weighted by Crippen LogP contribution is 2.34. The molecule has 0 amide bonds. The van der Waals surface area contributed by atoms with Crippen LogP contribution < -0.4 is 19.8 Å². The first-order valence-electron chi connectivity index (χ1n) is 9.79. The first-order valence-corrected chi connectivity index (χ1v) is 9.79. The topological polar surface area (TPSA) is 101 Å². The molecule has 0 saturated carbocycles. The molecule has 0 aliphatic carbocycles. The third-order valence-electron chi connectivity index (χ3n) is 4.85. The van der Waals surface area contributed by atoms with Gasteiger partial charge < -0.3 is 23.4 Å². The zero-order valence-electron chi connectivity index (χ0n) is 17.1. The minimum Gasteiger partial charge on any atom is -0.466 e. The average molecular weight is 424 g/mol. The van der Waals surface area contributed by atoms with E-state index in [1.54, 1.807) is 32.0 Å². The van der Waals surface area contributed by atoms with Crippen molar-refractivity contribution in [3.63, 3.8) is 0 Å². The van der Waals surface area contributed by atoms with Gasteiger partial charge in [0.2, 0.25) is 6.79 Å². The molecule has 0 unspecified atom stereocenters. The SMILES string of the molecule is CCOC(=O)CCc1cc2c(C)cc(=O)oc2cc1OC(=O)c1ccc2c(c1)OCO2. The maximum Gasteiger partial charge on any atom is 0.343 e. The van der Waals surface area contributed by atoms with Gasteiger partial charge in [-0.25, -0.2) is 9.59 Å². The average Bonchev–Trinajstić information content (AvgIpc) is 3.20. The molecule has 2 heterocycles. The lowest BCUT2D eigenvalue weighted by atomic mass is 10.0. The van der Waals surface area contributed by atoms with Crippen LogP contribution in [-0.4, -0.2) is 25.3 Å². The quantitative estimate of drug-likeness (QED) is 0.336. The normalized spacial score (nSPS) is 12.1. The summed E-state index contributed by atoms with van der Waals surface area (Å²) in [6, 6.07) is 9.37. The highest BCUT2D eigenvalue weighted by Gasteiger charge is 2.20. The Morgan fingerprint density at radius 3 is 2.68 bits per heavy atom. The fraction of sp³-hybridized carbons (Fsp3) is 0.261. The lowest BCUT2D eigenvalue weighted by Gasteiger charge is -2.12. The fourth-order valence-corrected chi connectivity index (χ4v) is 3.33. The number of hydrogen-bond acceptors (Lipinski definition) is 8. The van der Waals surface area contributed by atoms with Crippen LogP contribution in [0.2, 0.25) is 0 Å². The van der Waals surface area contributed by atoms with Crippen LogP contribution in [0.3, 0.4) is 0 Å². The summed E-state index contributed by atoms with van der Waals surface area (Å²) in [5.41, 5.74) is 1.39. The molecule has 0 atom stereocenters. The Balaban J connectivity index is 1.68. The third-order valence-corrected chi connectivity index (χ3v) is 4.85. The van der Waals surface area contributed by atoms with E-state index in [1.165, 1.54) is 18.2 Å². The maximum atomic E-state index is 12.8. The van der Waals surface area contributed by atoms with Crippen molar-refractivity contribution >= 4 is 22.9 Å². The van der Waals surface area contributed by atoms with E-state index in [9.17, 15) is 14.4 Å². The molecule has 8 nitrogen and oxygen atoms in total. The van der Waals surface area contributed by atoms with E-state index in [0.29, 0.717) is 28.0 Å². The van der Waals surface area contributed by atoms with Gasteiger partial charge >= 0.3 is 17.6 Å². The molecular formula is C23H20O8. The first-order chi connectivity index (χ1) is 14.9. The van der Waals surface area contributed by atoms with E-state index in [-0.39, 0.29) is 43.5 Å². The van der Waals surface area contributed by atoms with E-state index in [2.05, 4.69) is 0 Å². The second-order valence-corrected chi connectivity index (χ2v) is 6.97. The number of carbonyl (C=O) groups is 2. The molecule has 31 heavy (non-hydrogen) atoms. The lowest BCUT2D eigenvalue weighted by Crippen LogP contribution is -2.11. The van der Waals surface area contributed by atoms with E-state index in [1.807, 2.05) is 0 Å². The number of hydrogen-bond donors (Lipinski definition) is 0. The van der Waals surface area contributed by atoms with Gasteiger partial charge in [-0.1, -0.05) is 0 Å². The van der Waals surface area contributed by atoms with Gasteiger partial charge in [0, 0.05) is 23.9 Å². The molecule has 4 rings (SSSR count). The standard InChI is InChI=1S/C23H20O8/c1-3-27-21(24)7-5-14-9-16-13(2)8-22(25)30-19(16)11-18(14)31-23(26)15-4-6-17-20(10-15)29-12-28-17/h4,6,8-11H,3,5,7,12H2,1-2H3. The van der Waals surface area contributed by atoms with Gasteiger partial charge in [0.15, 0.2) is 11.5 Å². The Bertz CT molecular complexity index is 1220. The van der Waals surface area contributed by atoms with Gasteiger partial charge in [0.25, 0.3) is 0 Å². The smallest absolute Gasteiger partial charge is 0.343 e. The Hall–Kier alpha value is -3.81. The van der Waals surface area contributed by atoms with Crippen molar-refractivity contribution in [1.29, 1.82) is 0 Å². The number of ether oxygens (including phenoxy) is 4. The summed E-state index contributed by atoms with van der Waals surface area (Å²) in [6.07, 6.45) is 0.404. The highest BCUT2D eigenvalue weighted by molar-refractivity contribution is 5.93. The van der Waals surface area contributed by atoms with Gasteiger partial charge in [-0.2, -0.15) is 0 Å². The van der Waals surface area contributed by atoms with Gasteiger partial charge in [0.05, 0.1) is 12.2 Å². The van der Waals surface area contributed by atoms with Crippen molar-refractivity contribution < 1.29 is 33.0 Å². The first kappa shape index (κ1) is 20.5. The third kappa shape index (κ3) is 4.37. The summed E-state index contributed by atoms with van der Waals surface area (Å²) in [6.45, 7) is 3.90. The van der Waals surface area contributed by atoms with E-state index < -0.39 is 11.6 Å². The molecule has 1 aliphatic rings. The number of carbonyl (C=O) groups excluding carboxylic acids is 2. The molecule has 2 aromatic carbocycles. The number of esters is 2. The molecule has 0 radical (unpaired) electrons. The Morgan fingerprint density at radius 1 is 1.06 bits per heavy atom. The van der Waals surface area contributed by atoms with Crippen LogP contribution in [0.4, 0.5) is 0 Å². The largest absolute Gasteiger partial charge is 0.466 e. The molecule has 0 fully saturated rings. The summed E-state index contributed by atoms with van der Waals surface area (Å²) in [4.78, 5) is 36.4. The molecule has 160 valence electrons. The zero-order chi connectivity index (χ0) is 22.0. The summed E-state index contributed by atoms with van der Waals surface area (Å²) < 4.78 is 26.4.